The van der Waals surface area contributed by atoms with Gasteiger partial charge in [-0.25, -0.2) is 4.68 Å². The lowest BCUT2D eigenvalue weighted by Gasteiger charge is -2.33. The maximum atomic E-state index is 14.0. The van der Waals surface area contributed by atoms with Gasteiger partial charge >= 0.3 is 6.18 Å². The van der Waals surface area contributed by atoms with Crippen molar-refractivity contribution >= 4 is 17.4 Å². The summed E-state index contributed by atoms with van der Waals surface area (Å²) in [5.41, 5.74) is 0.669. The first-order chi connectivity index (χ1) is 17.2. The number of amides is 1. The fourth-order valence-electron chi connectivity index (χ4n) is 4.07. The molecule has 1 amide bonds. The second-order valence-electron chi connectivity index (χ2n) is 7.98. The number of aromatic nitrogens is 2. The molecular weight excluding hydrogens is 481 g/mol. The van der Waals surface area contributed by atoms with Crippen molar-refractivity contribution in [3.63, 3.8) is 0 Å². The van der Waals surface area contributed by atoms with Crippen LogP contribution in [-0.4, -0.2) is 50.3 Å². The average Bonchev–Trinajstić information content (AvgIpc) is 3.31. The summed E-state index contributed by atoms with van der Waals surface area (Å²) in [7, 11) is 5.82. The number of methoxy groups -OCH3 is 4. The molecule has 12 heteroatoms. The first-order valence-corrected chi connectivity index (χ1v) is 10.9. The van der Waals surface area contributed by atoms with Crippen LogP contribution in [0.5, 0.6) is 23.0 Å². The van der Waals surface area contributed by atoms with Crippen molar-refractivity contribution in [1.29, 1.82) is 0 Å². The first-order valence-electron chi connectivity index (χ1n) is 10.9. The molecule has 0 unspecified atom stereocenters. The standard InChI is InChI=1S/C24H25F3N4O5/c1-33-14-6-8-18(34-2)16(10-14)29-23(32)17-12-22-28-15(11-21(24(25,26)27)31(22)30-17)13-5-7-19(35-3)20(9-13)36-4/h5-10,12,15,21,28H,11H2,1-4H3,(H,29,32)/t15-,21-/m0/s1. The summed E-state index contributed by atoms with van der Waals surface area (Å²) in [5.74, 6) is 1.04. The molecule has 1 aliphatic heterocycles. The summed E-state index contributed by atoms with van der Waals surface area (Å²) in [6.07, 6.45) is -4.93. The summed E-state index contributed by atoms with van der Waals surface area (Å²) in [6, 6.07) is 8.33. The molecule has 2 aromatic carbocycles. The van der Waals surface area contributed by atoms with Crippen LogP contribution in [0.25, 0.3) is 0 Å². The van der Waals surface area contributed by atoms with E-state index in [0.29, 0.717) is 28.6 Å². The number of halogens is 3. The van der Waals surface area contributed by atoms with Crippen LogP contribution >= 0.6 is 0 Å². The van der Waals surface area contributed by atoms with Crippen molar-refractivity contribution < 1.29 is 36.9 Å². The van der Waals surface area contributed by atoms with E-state index < -0.39 is 24.2 Å². The van der Waals surface area contributed by atoms with Crippen molar-refractivity contribution in [2.45, 2.75) is 24.7 Å². The fraction of sp³-hybridized carbons (Fsp3) is 0.333. The zero-order valence-electron chi connectivity index (χ0n) is 20.0. The molecule has 1 aliphatic rings. The SMILES string of the molecule is COc1ccc(OC)c(NC(=O)c2cc3n(n2)[C@H](C(F)(F)F)C[C@@H](c2ccc(OC)c(OC)c2)N3)c1. The highest BCUT2D eigenvalue weighted by Gasteiger charge is 2.47. The molecule has 2 N–H and O–H groups in total. The third kappa shape index (κ3) is 4.83. The minimum atomic E-state index is -4.60. The molecule has 0 spiro atoms. The Morgan fingerprint density at radius 2 is 1.67 bits per heavy atom. The largest absolute Gasteiger partial charge is 0.497 e. The highest BCUT2D eigenvalue weighted by atomic mass is 19.4. The molecule has 0 aliphatic carbocycles. The maximum Gasteiger partial charge on any atom is 0.410 e. The van der Waals surface area contributed by atoms with Gasteiger partial charge in [-0.15, -0.1) is 0 Å². The smallest absolute Gasteiger partial charge is 0.410 e. The quantitative estimate of drug-likeness (QED) is 0.474. The number of carbonyl (C=O) groups is 1. The number of carbonyl (C=O) groups excluding carboxylic acids is 1. The van der Waals surface area contributed by atoms with E-state index in [4.69, 9.17) is 18.9 Å². The summed E-state index contributed by atoms with van der Waals surface area (Å²) in [5, 5.41) is 9.68. The topological polar surface area (TPSA) is 95.9 Å². The van der Waals surface area contributed by atoms with Crippen molar-refractivity contribution in [3.05, 3.63) is 53.7 Å². The van der Waals surface area contributed by atoms with E-state index in [0.717, 1.165) is 4.68 Å². The lowest BCUT2D eigenvalue weighted by molar-refractivity contribution is -0.173. The van der Waals surface area contributed by atoms with Crippen LogP contribution < -0.4 is 29.6 Å². The molecule has 3 aromatic rings. The van der Waals surface area contributed by atoms with E-state index in [-0.39, 0.29) is 23.6 Å². The van der Waals surface area contributed by atoms with E-state index in [2.05, 4.69) is 15.7 Å². The molecule has 0 saturated heterocycles. The predicted octanol–water partition coefficient (Wildman–Crippen LogP) is 4.83. The number of alkyl halides is 3. The van der Waals surface area contributed by atoms with Gasteiger partial charge in [0.1, 0.15) is 17.3 Å². The van der Waals surface area contributed by atoms with E-state index >= 15 is 0 Å². The van der Waals surface area contributed by atoms with E-state index in [1.807, 2.05) is 0 Å². The van der Waals surface area contributed by atoms with Gasteiger partial charge in [-0.05, 0) is 29.8 Å². The molecule has 4 rings (SSSR count). The molecule has 36 heavy (non-hydrogen) atoms. The van der Waals surface area contributed by atoms with Crippen molar-refractivity contribution in [2.75, 3.05) is 39.1 Å². The zero-order chi connectivity index (χ0) is 26.0. The van der Waals surface area contributed by atoms with Gasteiger partial charge in [0.2, 0.25) is 0 Å². The van der Waals surface area contributed by atoms with Crippen LogP contribution in [-0.2, 0) is 0 Å². The summed E-state index contributed by atoms with van der Waals surface area (Å²) >= 11 is 0. The van der Waals surface area contributed by atoms with Gasteiger partial charge in [0.05, 0.1) is 40.2 Å². The van der Waals surface area contributed by atoms with Gasteiger partial charge in [-0.1, -0.05) is 6.07 Å². The third-order valence-electron chi connectivity index (χ3n) is 5.89. The first kappa shape index (κ1) is 25.0. The Bertz CT molecular complexity index is 1260. The molecule has 9 nitrogen and oxygen atoms in total. The molecule has 0 saturated carbocycles. The Labute approximate surface area is 205 Å². The Balaban J connectivity index is 1.66. The van der Waals surface area contributed by atoms with Gasteiger partial charge in [0.15, 0.2) is 23.2 Å². The number of hydrogen-bond acceptors (Lipinski definition) is 7. The number of nitrogens with zero attached hydrogens (tertiary/aromatic N) is 2. The number of nitrogens with one attached hydrogen (secondary N) is 2. The van der Waals surface area contributed by atoms with Crippen molar-refractivity contribution in [1.82, 2.24) is 9.78 Å². The van der Waals surface area contributed by atoms with Crippen LogP contribution in [0.3, 0.4) is 0 Å². The molecule has 1 aromatic heterocycles. The number of fused-ring (bicyclic) bond motifs is 1. The second kappa shape index (κ2) is 9.88. The highest BCUT2D eigenvalue weighted by Crippen LogP contribution is 2.44. The maximum absolute atomic E-state index is 14.0. The van der Waals surface area contributed by atoms with Gasteiger partial charge in [0, 0.05) is 18.6 Å². The lowest BCUT2D eigenvalue weighted by Crippen LogP contribution is -2.35. The third-order valence-corrected chi connectivity index (χ3v) is 5.89. The summed E-state index contributed by atoms with van der Waals surface area (Å²) < 4.78 is 63.9. The summed E-state index contributed by atoms with van der Waals surface area (Å²) in [6.45, 7) is 0. The molecule has 0 bridgehead atoms. The Morgan fingerprint density at radius 3 is 2.31 bits per heavy atom. The molecule has 2 atom stereocenters. The fourth-order valence-corrected chi connectivity index (χ4v) is 4.07. The van der Waals surface area contributed by atoms with Gasteiger partial charge in [-0.2, -0.15) is 18.3 Å². The number of ether oxygens (including phenoxy) is 4. The Hall–Kier alpha value is -4.09. The predicted molar refractivity (Wildman–Crippen MR) is 125 cm³/mol. The number of rotatable bonds is 7. The minimum absolute atomic E-state index is 0.0612. The molecular formula is C24H25F3N4O5. The molecule has 2 heterocycles. The lowest BCUT2D eigenvalue weighted by atomic mass is 9.96. The average molecular weight is 506 g/mol. The zero-order valence-corrected chi connectivity index (χ0v) is 20.0. The minimum Gasteiger partial charge on any atom is -0.497 e. The summed E-state index contributed by atoms with van der Waals surface area (Å²) in [4.78, 5) is 12.9. The monoisotopic (exact) mass is 506 g/mol. The Kier molecular flexibility index (Phi) is 6.86. The normalized spacial score (nSPS) is 17.0. The van der Waals surface area contributed by atoms with Gasteiger partial charge in [-0.3, -0.25) is 4.79 Å². The van der Waals surface area contributed by atoms with Crippen LogP contribution in [0, 0.1) is 0 Å². The van der Waals surface area contributed by atoms with E-state index in [9.17, 15) is 18.0 Å². The second-order valence-corrected chi connectivity index (χ2v) is 7.98. The van der Waals surface area contributed by atoms with Crippen molar-refractivity contribution in [2.24, 2.45) is 0 Å². The van der Waals surface area contributed by atoms with Crippen LogP contribution in [0.1, 0.15) is 34.6 Å². The van der Waals surface area contributed by atoms with Crippen LogP contribution in [0.4, 0.5) is 24.7 Å². The van der Waals surface area contributed by atoms with Gasteiger partial charge in [0.25, 0.3) is 5.91 Å². The van der Waals surface area contributed by atoms with Gasteiger partial charge < -0.3 is 29.6 Å². The highest BCUT2D eigenvalue weighted by molar-refractivity contribution is 6.04. The molecule has 0 fully saturated rings. The number of benzene rings is 2. The Morgan fingerprint density at radius 1 is 0.972 bits per heavy atom. The van der Waals surface area contributed by atoms with Crippen molar-refractivity contribution in [3.8, 4) is 23.0 Å². The van der Waals surface area contributed by atoms with Crippen LogP contribution in [0.15, 0.2) is 42.5 Å². The number of hydrogen-bond donors (Lipinski definition) is 2. The van der Waals surface area contributed by atoms with Crippen LogP contribution in [0.2, 0.25) is 0 Å². The van der Waals surface area contributed by atoms with E-state index in [1.165, 1.54) is 40.6 Å². The van der Waals surface area contributed by atoms with E-state index in [1.54, 1.807) is 30.3 Å². The molecule has 192 valence electrons. The molecule has 0 radical (unpaired) electrons. The number of anilines is 2.